The molecule has 4 nitrogen and oxygen atoms in total. The Morgan fingerprint density at radius 1 is 1.00 bits per heavy atom. The topological polar surface area (TPSA) is 43.8 Å². The molecule has 146 valence electrons. The van der Waals surface area contributed by atoms with E-state index in [1.54, 1.807) is 0 Å². The Morgan fingerprint density at radius 3 is 2.32 bits per heavy atom. The molecule has 2 bridgehead atoms. The van der Waals surface area contributed by atoms with Gasteiger partial charge in [-0.15, -0.1) is 0 Å². The molecular weight excluding hydrogens is 355 g/mol. The van der Waals surface area contributed by atoms with E-state index in [9.17, 15) is 14.3 Å². The standard InChI is InChI=1S/C23H25FN2O2/c24-19-7-5-16(6-8-19)20-13-26(21-17-9-11-25(12-10-17)22(20)21)23(28)18-3-1-15(14-27)2-4-18/h1-8,17,20-22,27H,9-14H2/t20-,21+,22+/m1/s1. The molecule has 5 heteroatoms. The van der Waals surface area contributed by atoms with Gasteiger partial charge in [0.05, 0.1) is 12.6 Å². The lowest BCUT2D eigenvalue weighted by Crippen LogP contribution is -2.60. The Labute approximate surface area is 164 Å². The van der Waals surface area contributed by atoms with Crippen molar-refractivity contribution in [2.24, 2.45) is 5.92 Å². The van der Waals surface area contributed by atoms with Gasteiger partial charge >= 0.3 is 0 Å². The summed E-state index contributed by atoms with van der Waals surface area (Å²) in [4.78, 5) is 18.0. The van der Waals surface area contributed by atoms with Gasteiger partial charge in [0, 0.05) is 24.1 Å². The van der Waals surface area contributed by atoms with Crippen LogP contribution in [0.4, 0.5) is 4.39 Å². The lowest BCUT2D eigenvalue weighted by atomic mass is 9.75. The number of piperidine rings is 3. The smallest absolute Gasteiger partial charge is 0.254 e. The van der Waals surface area contributed by atoms with E-state index in [2.05, 4.69) is 9.80 Å². The zero-order chi connectivity index (χ0) is 19.3. The molecule has 28 heavy (non-hydrogen) atoms. The Morgan fingerprint density at radius 2 is 1.68 bits per heavy atom. The fraction of sp³-hybridized carbons (Fsp3) is 0.435. The van der Waals surface area contributed by atoms with Crippen molar-refractivity contribution in [1.29, 1.82) is 0 Å². The number of fused-ring (bicyclic) bond motifs is 2. The fourth-order valence-corrected chi connectivity index (χ4v) is 5.58. The Kier molecular flexibility index (Phi) is 4.44. The number of aliphatic hydroxyl groups excluding tert-OH is 1. The third kappa shape index (κ3) is 2.85. The molecule has 4 fully saturated rings. The lowest BCUT2D eigenvalue weighted by Gasteiger charge is -2.51. The number of rotatable bonds is 3. The van der Waals surface area contributed by atoms with Gasteiger partial charge < -0.3 is 10.0 Å². The minimum atomic E-state index is -0.222. The molecule has 2 aromatic carbocycles. The Balaban J connectivity index is 1.49. The molecule has 3 atom stereocenters. The summed E-state index contributed by atoms with van der Waals surface area (Å²) >= 11 is 0. The van der Waals surface area contributed by atoms with E-state index >= 15 is 0 Å². The maximum Gasteiger partial charge on any atom is 0.254 e. The summed E-state index contributed by atoms with van der Waals surface area (Å²) in [7, 11) is 0. The third-order valence-electron chi connectivity index (χ3n) is 6.94. The summed E-state index contributed by atoms with van der Waals surface area (Å²) in [6, 6.07) is 14.6. The third-order valence-corrected chi connectivity index (χ3v) is 6.94. The van der Waals surface area contributed by atoms with E-state index in [-0.39, 0.29) is 30.3 Å². The van der Waals surface area contributed by atoms with Gasteiger partial charge in [0.15, 0.2) is 0 Å². The molecule has 0 aromatic heterocycles. The minimum Gasteiger partial charge on any atom is -0.392 e. The molecule has 2 aromatic rings. The number of carbonyl (C=O) groups excluding carboxylic acids is 1. The van der Waals surface area contributed by atoms with Crippen molar-refractivity contribution in [2.45, 2.75) is 37.5 Å². The number of aliphatic hydroxyl groups is 1. The molecule has 0 radical (unpaired) electrons. The summed E-state index contributed by atoms with van der Waals surface area (Å²) in [5, 5.41) is 9.26. The van der Waals surface area contributed by atoms with Crippen LogP contribution in [0.5, 0.6) is 0 Å². The predicted molar refractivity (Wildman–Crippen MR) is 104 cm³/mol. The van der Waals surface area contributed by atoms with Crippen LogP contribution < -0.4 is 0 Å². The highest BCUT2D eigenvalue weighted by atomic mass is 19.1. The van der Waals surface area contributed by atoms with E-state index in [1.807, 2.05) is 36.4 Å². The number of amides is 1. The average Bonchev–Trinajstić information content (AvgIpc) is 3.17. The van der Waals surface area contributed by atoms with Crippen molar-refractivity contribution in [3.8, 4) is 0 Å². The molecule has 4 aliphatic rings. The van der Waals surface area contributed by atoms with Crippen LogP contribution in [0.25, 0.3) is 0 Å². The maximum atomic E-state index is 13.5. The number of likely N-dealkylation sites (tertiary alicyclic amines) is 1. The van der Waals surface area contributed by atoms with Crippen LogP contribution in [0.3, 0.4) is 0 Å². The summed E-state index contributed by atoms with van der Waals surface area (Å²) in [5.41, 5.74) is 2.60. The van der Waals surface area contributed by atoms with Gasteiger partial charge in [-0.25, -0.2) is 4.39 Å². The van der Waals surface area contributed by atoms with Crippen LogP contribution in [-0.2, 0) is 6.61 Å². The maximum absolute atomic E-state index is 13.5. The largest absolute Gasteiger partial charge is 0.392 e. The second kappa shape index (κ2) is 6.98. The van der Waals surface area contributed by atoms with Gasteiger partial charge in [-0.2, -0.15) is 0 Å². The normalized spacial score (nSPS) is 31.1. The number of hydrogen-bond acceptors (Lipinski definition) is 3. The summed E-state index contributed by atoms with van der Waals surface area (Å²) in [5.74, 6) is 0.606. The molecule has 0 saturated carbocycles. The molecule has 4 aliphatic heterocycles. The molecule has 0 aliphatic carbocycles. The van der Waals surface area contributed by atoms with Gasteiger partial charge in [-0.1, -0.05) is 24.3 Å². The SMILES string of the molecule is O=C(c1ccc(CO)cc1)N1C[C@H](c2ccc(F)cc2)[C@H]2[C@@H]1C1CCN2CC1. The van der Waals surface area contributed by atoms with Crippen LogP contribution in [0.1, 0.15) is 40.2 Å². The first-order valence-corrected chi connectivity index (χ1v) is 10.2. The molecule has 6 rings (SSSR count). The molecule has 0 unspecified atom stereocenters. The van der Waals surface area contributed by atoms with Crippen LogP contribution in [0.2, 0.25) is 0 Å². The molecule has 4 heterocycles. The van der Waals surface area contributed by atoms with E-state index in [0.717, 1.165) is 37.1 Å². The average molecular weight is 380 g/mol. The van der Waals surface area contributed by atoms with Crippen LogP contribution in [-0.4, -0.2) is 52.5 Å². The van der Waals surface area contributed by atoms with Crippen molar-refractivity contribution < 1.29 is 14.3 Å². The molecule has 1 N–H and O–H groups in total. The second-order valence-electron chi connectivity index (χ2n) is 8.33. The van der Waals surface area contributed by atoms with Gasteiger partial charge in [0.2, 0.25) is 0 Å². The quantitative estimate of drug-likeness (QED) is 0.890. The first-order valence-electron chi connectivity index (χ1n) is 10.2. The first kappa shape index (κ1) is 17.8. The lowest BCUT2D eigenvalue weighted by molar-refractivity contribution is -0.00341. The van der Waals surface area contributed by atoms with E-state index in [0.29, 0.717) is 24.1 Å². The number of nitrogens with zero attached hydrogens (tertiary/aromatic N) is 2. The van der Waals surface area contributed by atoms with E-state index < -0.39 is 0 Å². The van der Waals surface area contributed by atoms with Gasteiger partial charge in [0.25, 0.3) is 5.91 Å². The van der Waals surface area contributed by atoms with Gasteiger partial charge in [-0.05, 0) is 67.2 Å². The first-order chi connectivity index (χ1) is 13.7. The fourth-order valence-electron chi connectivity index (χ4n) is 5.58. The van der Waals surface area contributed by atoms with Crippen molar-refractivity contribution in [1.82, 2.24) is 9.80 Å². The molecule has 1 amide bonds. The molecule has 4 saturated heterocycles. The number of halogens is 1. The molecule has 0 spiro atoms. The van der Waals surface area contributed by atoms with Crippen LogP contribution in [0, 0.1) is 11.7 Å². The number of hydrogen-bond donors (Lipinski definition) is 1. The zero-order valence-electron chi connectivity index (χ0n) is 15.8. The molecular formula is C23H25FN2O2. The van der Waals surface area contributed by atoms with Gasteiger partial charge in [0.1, 0.15) is 5.82 Å². The van der Waals surface area contributed by atoms with E-state index in [1.165, 1.54) is 12.1 Å². The predicted octanol–water partition coefficient (Wildman–Crippen LogP) is 3.02. The van der Waals surface area contributed by atoms with Gasteiger partial charge in [-0.3, -0.25) is 9.69 Å². The highest BCUT2D eigenvalue weighted by Gasteiger charge is 2.54. The zero-order valence-corrected chi connectivity index (χ0v) is 15.8. The van der Waals surface area contributed by atoms with Crippen LogP contribution in [0.15, 0.2) is 48.5 Å². The summed E-state index contributed by atoms with van der Waals surface area (Å²) < 4.78 is 13.5. The summed E-state index contributed by atoms with van der Waals surface area (Å²) in [6.07, 6.45) is 2.29. The highest BCUT2D eigenvalue weighted by molar-refractivity contribution is 5.95. The second-order valence-corrected chi connectivity index (χ2v) is 8.33. The highest BCUT2D eigenvalue weighted by Crippen LogP contribution is 2.46. The minimum absolute atomic E-state index is 0.0213. The van der Waals surface area contributed by atoms with Crippen LogP contribution >= 0.6 is 0 Å². The van der Waals surface area contributed by atoms with Crippen molar-refractivity contribution in [3.63, 3.8) is 0 Å². The summed E-state index contributed by atoms with van der Waals surface area (Å²) in [6.45, 7) is 2.84. The number of benzene rings is 2. The number of carbonyl (C=O) groups is 1. The monoisotopic (exact) mass is 380 g/mol. The van der Waals surface area contributed by atoms with Crippen molar-refractivity contribution >= 4 is 5.91 Å². The van der Waals surface area contributed by atoms with Crippen molar-refractivity contribution in [3.05, 3.63) is 71.0 Å². The van der Waals surface area contributed by atoms with Crippen molar-refractivity contribution in [2.75, 3.05) is 19.6 Å². The van der Waals surface area contributed by atoms with E-state index in [4.69, 9.17) is 0 Å². The Hall–Kier alpha value is -2.24. The Bertz CT molecular complexity index is 859.